The topological polar surface area (TPSA) is 54.6 Å². The molecular weight excluding hydrogens is 328 g/mol. The molecule has 5 heteroatoms. The zero-order valence-electron chi connectivity index (χ0n) is 15.6. The third-order valence-electron chi connectivity index (χ3n) is 6.71. The zero-order valence-corrected chi connectivity index (χ0v) is 15.6. The van der Waals surface area contributed by atoms with Crippen LogP contribution in [0.4, 0.5) is 0 Å². The largest absolute Gasteiger partial charge is 0.472 e. The van der Waals surface area contributed by atoms with Crippen molar-refractivity contribution in [2.45, 2.75) is 51.2 Å². The first kappa shape index (κ1) is 16.2. The van der Waals surface area contributed by atoms with E-state index in [4.69, 9.17) is 9.47 Å². The number of fused-ring (bicyclic) bond motifs is 3. The van der Waals surface area contributed by atoms with E-state index < -0.39 is 0 Å². The molecule has 0 bridgehead atoms. The molecule has 0 radical (unpaired) electrons. The van der Waals surface area contributed by atoms with Gasteiger partial charge in [-0.1, -0.05) is 0 Å². The fourth-order valence-electron chi connectivity index (χ4n) is 5.57. The Bertz CT molecular complexity index is 885. The number of carbonyl (C=O) groups is 1. The SMILES string of the molecule is COC(=O)c1c(C)[nH]c2ccc3c(c12)CC1CCCN2CCCCC12O3. The minimum atomic E-state index is -0.273. The molecule has 4 heterocycles. The summed E-state index contributed by atoms with van der Waals surface area (Å²) in [6.07, 6.45) is 7.03. The number of rotatable bonds is 1. The Morgan fingerprint density at radius 3 is 3.00 bits per heavy atom. The monoisotopic (exact) mass is 354 g/mol. The Hall–Kier alpha value is -2.01. The van der Waals surface area contributed by atoms with Crippen LogP contribution in [0.3, 0.4) is 0 Å². The number of carbonyl (C=O) groups excluding carboxylic acids is 1. The van der Waals surface area contributed by atoms with Gasteiger partial charge in [-0.3, -0.25) is 4.90 Å². The van der Waals surface area contributed by atoms with Crippen molar-refractivity contribution in [3.05, 3.63) is 29.0 Å². The number of methoxy groups -OCH3 is 1. The van der Waals surface area contributed by atoms with Gasteiger partial charge < -0.3 is 14.5 Å². The Morgan fingerprint density at radius 2 is 2.15 bits per heavy atom. The third kappa shape index (κ3) is 2.10. The van der Waals surface area contributed by atoms with Crippen molar-refractivity contribution in [1.82, 2.24) is 9.88 Å². The molecule has 26 heavy (non-hydrogen) atoms. The van der Waals surface area contributed by atoms with Gasteiger partial charge in [0.2, 0.25) is 0 Å². The molecule has 2 fully saturated rings. The molecule has 138 valence electrons. The smallest absolute Gasteiger partial charge is 0.340 e. The lowest BCUT2D eigenvalue weighted by Crippen LogP contribution is -2.64. The first-order valence-electron chi connectivity index (χ1n) is 9.80. The van der Waals surface area contributed by atoms with Crippen LogP contribution in [0.2, 0.25) is 0 Å². The van der Waals surface area contributed by atoms with Crippen LogP contribution >= 0.6 is 0 Å². The third-order valence-corrected chi connectivity index (χ3v) is 6.71. The number of H-pyrrole nitrogens is 1. The van der Waals surface area contributed by atoms with E-state index in [0.29, 0.717) is 11.5 Å². The lowest BCUT2D eigenvalue weighted by molar-refractivity contribution is -0.177. The summed E-state index contributed by atoms with van der Waals surface area (Å²) in [5.74, 6) is 1.17. The van der Waals surface area contributed by atoms with Crippen LogP contribution in [-0.2, 0) is 11.2 Å². The molecule has 5 rings (SSSR count). The Labute approximate surface area is 153 Å². The number of aromatic amines is 1. The van der Waals surface area contributed by atoms with Gasteiger partial charge in [0, 0.05) is 47.6 Å². The molecule has 2 atom stereocenters. The summed E-state index contributed by atoms with van der Waals surface area (Å²) in [6.45, 7) is 4.23. The van der Waals surface area contributed by atoms with Crippen molar-refractivity contribution >= 4 is 16.9 Å². The van der Waals surface area contributed by atoms with Crippen molar-refractivity contribution in [1.29, 1.82) is 0 Å². The lowest BCUT2D eigenvalue weighted by atomic mass is 9.74. The van der Waals surface area contributed by atoms with Gasteiger partial charge in [-0.2, -0.15) is 0 Å². The normalized spacial score (nSPS) is 28.0. The first-order valence-corrected chi connectivity index (χ1v) is 9.80. The average molecular weight is 354 g/mol. The Morgan fingerprint density at radius 1 is 1.31 bits per heavy atom. The molecule has 2 aromatic rings. The predicted molar refractivity (Wildman–Crippen MR) is 99.6 cm³/mol. The Kier molecular flexibility index (Phi) is 3.58. The Balaban J connectivity index is 1.68. The molecular formula is C21H26N2O3. The van der Waals surface area contributed by atoms with Crippen molar-refractivity contribution in [3.63, 3.8) is 0 Å². The van der Waals surface area contributed by atoms with E-state index >= 15 is 0 Å². The quantitative estimate of drug-likeness (QED) is 0.792. The van der Waals surface area contributed by atoms with E-state index in [1.54, 1.807) is 0 Å². The fourth-order valence-corrected chi connectivity index (χ4v) is 5.57. The van der Waals surface area contributed by atoms with Crippen LogP contribution in [0.25, 0.3) is 10.9 Å². The number of hydrogen-bond donors (Lipinski definition) is 1. The van der Waals surface area contributed by atoms with E-state index in [-0.39, 0.29) is 11.7 Å². The van der Waals surface area contributed by atoms with Crippen LogP contribution in [0, 0.1) is 12.8 Å². The lowest BCUT2D eigenvalue weighted by Gasteiger charge is -2.56. The van der Waals surface area contributed by atoms with Crippen molar-refractivity contribution in [2.75, 3.05) is 20.2 Å². The van der Waals surface area contributed by atoms with Gasteiger partial charge in [0.1, 0.15) is 5.75 Å². The number of piperidine rings is 2. The molecule has 1 aromatic carbocycles. The second-order valence-electron chi connectivity index (χ2n) is 8.02. The highest BCUT2D eigenvalue weighted by Crippen LogP contribution is 2.50. The minimum Gasteiger partial charge on any atom is -0.472 e. The molecule has 0 aliphatic carbocycles. The maximum Gasteiger partial charge on any atom is 0.340 e. The van der Waals surface area contributed by atoms with Crippen molar-refractivity contribution in [3.8, 4) is 5.75 Å². The number of nitrogens with zero attached hydrogens (tertiary/aromatic N) is 1. The maximum atomic E-state index is 12.4. The summed E-state index contributed by atoms with van der Waals surface area (Å²) in [5, 5.41) is 0.995. The number of hydrogen-bond acceptors (Lipinski definition) is 4. The summed E-state index contributed by atoms with van der Waals surface area (Å²) >= 11 is 0. The summed E-state index contributed by atoms with van der Waals surface area (Å²) < 4.78 is 11.8. The summed E-state index contributed by atoms with van der Waals surface area (Å²) in [5.41, 5.74) is 3.57. The van der Waals surface area contributed by atoms with Gasteiger partial charge in [-0.25, -0.2) is 4.79 Å². The summed E-state index contributed by atoms with van der Waals surface area (Å²) in [4.78, 5) is 18.4. The minimum absolute atomic E-state index is 0.131. The molecule has 0 saturated carbocycles. The van der Waals surface area contributed by atoms with Crippen molar-refractivity contribution in [2.24, 2.45) is 5.92 Å². The molecule has 2 unspecified atom stereocenters. The van der Waals surface area contributed by atoms with Gasteiger partial charge >= 0.3 is 5.97 Å². The van der Waals surface area contributed by atoms with E-state index in [2.05, 4.69) is 16.0 Å². The second-order valence-corrected chi connectivity index (χ2v) is 8.02. The molecule has 3 aliphatic rings. The van der Waals surface area contributed by atoms with Gasteiger partial charge in [0.05, 0.1) is 12.7 Å². The first-order chi connectivity index (χ1) is 12.6. The second kappa shape index (κ2) is 5.74. The molecule has 2 saturated heterocycles. The van der Waals surface area contributed by atoms with Gasteiger partial charge in [0.15, 0.2) is 5.72 Å². The number of esters is 1. The van der Waals surface area contributed by atoms with E-state index in [0.717, 1.165) is 48.3 Å². The average Bonchev–Trinajstić information content (AvgIpc) is 3.00. The highest BCUT2D eigenvalue weighted by Gasteiger charge is 2.52. The van der Waals surface area contributed by atoms with E-state index in [9.17, 15) is 4.79 Å². The van der Waals surface area contributed by atoms with Crippen LogP contribution in [0.15, 0.2) is 12.1 Å². The molecule has 1 spiro atoms. The highest BCUT2D eigenvalue weighted by molar-refractivity contribution is 6.07. The number of aryl methyl sites for hydroxylation is 1. The standard InChI is InChI=1S/C21H26N2O3/c1-13-18(20(24)25-2)19-15-12-14-6-5-11-23-10-4-3-9-21(14,23)26-17(15)8-7-16(19)22-13/h7-8,14,22H,3-6,9-12H2,1-2H3. The van der Waals surface area contributed by atoms with E-state index in [1.165, 1.54) is 38.4 Å². The number of nitrogens with one attached hydrogen (secondary N) is 1. The van der Waals surface area contributed by atoms with Crippen LogP contribution in [-0.4, -0.2) is 41.8 Å². The zero-order chi connectivity index (χ0) is 17.9. The van der Waals surface area contributed by atoms with Crippen LogP contribution < -0.4 is 4.74 Å². The van der Waals surface area contributed by atoms with Crippen molar-refractivity contribution < 1.29 is 14.3 Å². The number of aromatic nitrogens is 1. The molecule has 3 aliphatic heterocycles. The maximum absolute atomic E-state index is 12.4. The van der Waals surface area contributed by atoms with Gasteiger partial charge in [-0.05, 0) is 51.2 Å². The summed E-state index contributed by atoms with van der Waals surface area (Å²) in [6, 6.07) is 4.13. The predicted octanol–water partition coefficient (Wildman–Crippen LogP) is 3.79. The van der Waals surface area contributed by atoms with Gasteiger partial charge in [-0.15, -0.1) is 0 Å². The van der Waals surface area contributed by atoms with Crippen LogP contribution in [0.1, 0.15) is 53.7 Å². The molecule has 5 nitrogen and oxygen atoms in total. The fraction of sp³-hybridized carbons (Fsp3) is 0.571. The van der Waals surface area contributed by atoms with Crippen LogP contribution in [0.5, 0.6) is 5.75 Å². The number of ether oxygens (including phenoxy) is 2. The molecule has 1 N–H and O–H groups in total. The number of benzene rings is 1. The molecule has 0 amide bonds. The molecule has 1 aromatic heterocycles. The van der Waals surface area contributed by atoms with Gasteiger partial charge in [0.25, 0.3) is 0 Å². The highest BCUT2D eigenvalue weighted by atomic mass is 16.5. The summed E-state index contributed by atoms with van der Waals surface area (Å²) in [7, 11) is 1.45. The van der Waals surface area contributed by atoms with E-state index in [1.807, 2.05) is 13.0 Å².